The highest BCUT2D eigenvalue weighted by molar-refractivity contribution is 7.47. The van der Waals surface area contributed by atoms with Gasteiger partial charge in [0.05, 0.1) is 26.4 Å². The van der Waals surface area contributed by atoms with Gasteiger partial charge >= 0.3 is 33.6 Å². The maximum atomic E-state index is 12.9. The Labute approximate surface area is 590 Å². The van der Waals surface area contributed by atoms with Crippen LogP contribution in [0.1, 0.15) is 316 Å². The maximum Gasteiger partial charge on any atom is 0.472 e. The molecular formula is C79H138O16P2. The number of aliphatic hydroxyl groups excluding tert-OH is 2. The summed E-state index contributed by atoms with van der Waals surface area (Å²) in [6.07, 6.45) is 82.8. The van der Waals surface area contributed by atoms with Crippen LogP contribution >= 0.6 is 15.6 Å². The third-order valence-corrected chi connectivity index (χ3v) is 17.9. The predicted octanol–water partition coefficient (Wildman–Crippen LogP) is 22.0. The summed E-state index contributed by atoms with van der Waals surface area (Å²) in [6.45, 7) is 2.50. The number of aliphatic hydroxyl groups is 2. The van der Waals surface area contributed by atoms with Gasteiger partial charge in [-0.25, -0.2) is 9.13 Å². The first-order valence-corrected chi connectivity index (χ1v) is 41.2. The molecule has 0 aliphatic rings. The normalized spacial score (nSPS) is 14.7. The van der Waals surface area contributed by atoms with Gasteiger partial charge < -0.3 is 34.2 Å². The smallest absolute Gasteiger partial charge is 0.463 e. The van der Waals surface area contributed by atoms with E-state index in [1.807, 2.05) is 0 Å². The lowest BCUT2D eigenvalue weighted by molar-refractivity contribution is -0.161. The zero-order valence-corrected chi connectivity index (χ0v) is 62.8. The molecule has 0 aromatic heterocycles. The predicted molar refractivity (Wildman–Crippen MR) is 399 cm³/mol. The average molecular weight is 1410 g/mol. The van der Waals surface area contributed by atoms with Gasteiger partial charge in [0, 0.05) is 19.3 Å². The van der Waals surface area contributed by atoms with Gasteiger partial charge in [-0.2, -0.15) is 0 Å². The van der Waals surface area contributed by atoms with Crippen LogP contribution < -0.4 is 0 Å². The van der Waals surface area contributed by atoms with Crippen molar-refractivity contribution < 1.29 is 75.8 Å². The lowest BCUT2D eigenvalue weighted by atomic mass is 10.0. The number of phosphoric acid groups is 2. The number of carbonyl (C=O) groups is 3. The Kier molecular flexibility index (Phi) is 69.2. The number of hydrogen-bond acceptors (Lipinski definition) is 14. The molecule has 5 unspecified atom stereocenters. The van der Waals surface area contributed by atoms with Gasteiger partial charge in [-0.3, -0.25) is 32.5 Å². The summed E-state index contributed by atoms with van der Waals surface area (Å²) in [5.74, 6) is -1.60. The molecule has 560 valence electrons. The fourth-order valence-electron chi connectivity index (χ4n) is 10.1. The highest BCUT2D eigenvalue weighted by atomic mass is 31.2. The minimum absolute atomic E-state index is 0.0855. The van der Waals surface area contributed by atoms with Crippen LogP contribution in [0.4, 0.5) is 0 Å². The van der Waals surface area contributed by atoms with Crippen molar-refractivity contribution in [2.75, 3.05) is 39.6 Å². The van der Waals surface area contributed by atoms with Crippen LogP contribution in [0.2, 0.25) is 0 Å². The molecule has 0 heterocycles. The van der Waals surface area contributed by atoms with E-state index in [9.17, 15) is 43.5 Å². The van der Waals surface area contributed by atoms with Crippen molar-refractivity contribution in [3.8, 4) is 0 Å². The van der Waals surface area contributed by atoms with Gasteiger partial charge in [-0.05, 0) is 128 Å². The molecule has 5 atom stereocenters. The van der Waals surface area contributed by atoms with Crippen LogP contribution in [0.25, 0.3) is 0 Å². The minimum Gasteiger partial charge on any atom is -0.463 e. The van der Waals surface area contributed by atoms with Crippen molar-refractivity contribution in [2.24, 2.45) is 0 Å². The number of phosphoric ester groups is 2. The van der Waals surface area contributed by atoms with E-state index in [1.165, 1.54) is 103 Å². The lowest BCUT2D eigenvalue weighted by Gasteiger charge is -2.21. The summed E-state index contributed by atoms with van der Waals surface area (Å²) < 4.78 is 61.0. The largest absolute Gasteiger partial charge is 0.472 e. The first kappa shape index (κ1) is 93.2. The molecule has 0 amide bonds. The molecule has 0 aromatic rings. The van der Waals surface area contributed by atoms with Gasteiger partial charge in [0.25, 0.3) is 0 Å². The first-order valence-electron chi connectivity index (χ1n) is 38.2. The molecular weight excluding hydrogens is 1270 g/mol. The van der Waals surface area contributed by atoms with Crippen molar-refractivity contribution >= 4 is 33.6 Å². The molecule has 18 heteroatoms. The van der Waals surface area contributed by atoms with Gasteiger partial charge in [0.15, 0.2) is 6.10 Å². The first-order chi connectivity index (χ1) is 47.2. The molecule has 16 nitrogen and oxygen atoms in total. The average Bonchev–Trinajstić information content (AvgIpc) is 1.63. The Morgan fingerprint density at radius 2 is 0.546 bits per heavy atom. The van der Waals surface area contributed by atoms with Crippen LogP contribution in [0, 0.1) is 0 Å². The Bertz CT molecular complexity index is 2200. The summed E-state index contributed by atoms with van der Waals surface area (Å²) >= 11 is 0. The molecule has 0 radical (unpaired) electrons. The quantitative estimate of drug-likeness (QED) is 0.0146. The Balaban J connectivity index is 4.50. The second-order valence-electron chi connectivity index (χ2n) is 25.4. The molecule has 0 spiro atoms. The number of allylic oxidation sites excluding steroid dienone is 18. The molecule has 0 bridgehead atoms. The van der Waals surface area contributed by atoms with E-state index in [1.54, 1.807) is 0 Å². The molecule has 0 aliphatic heterocycles. The van der Waals surface area contributed by atoms with Crippen LogP contribution in [-0.4, -0.2) is 95.9 Å². The fourth-order valence-corrected chi connectivity index (χ4v) is 11.7. The van der Waals surface area contributed by atoms with Crippen LogP contribution in [0.3, 0.4) is 0 Å². The summed E-state index contributed by atoms with van der Waals surface area (Å²) in [5.41, 5.74) is 0. The van der Waals surface area contributed by atoms with Crippen molar-refractivity contribution in [3.63, 3.8) is 0 Å². The summed E-state index contributed by atoms with van der Waals surface area (Å²) in [5, 5.41) is 20.6. The van der Waals surface area contributed by atoms with E-state index >= 15 is 0 Å². The van der Waals surface area contributed by atoms with Crippen molar-refractivity contribution in [3.05, 3.63) is 109 Å². The van der Waals surface area contributed by atoms with E-state index in [0.29, 0.717) is 19.3 Å². The molecule has 0 fully saturated rings. The number of unbranched alkanes of at least 4 members (excludes halogenated alkanes) is 31. The molecule has 4 N–H and O–H groups in total. The van der Waals surface area contributed by atoms with Gasteiger partial charge in [-0.15, -0.1) is 0 Å². The third kappa shape index (κ3) is 73.3. The van der Waals surface area contributed by atoms with E-state index in [2.05, 4.69) is 130 Å². The monoisotopic (exact) mass is 1400 g/mol. The number of hydrogen-bond donors (Lipinski definition) is 4. The molecule has 0 rings (SSSR count). The van der Waals surface area contributed by atoms with E-state index in [4.69, 9.17) is 32.3 Å². The maximum absolute atomic E-state index is 12.9. The Hall–Kier alpha value is -3.79. The molecule has 0 aromatic carbocycles. The van der Waals surface area contributed by atoms with Crippen LogP contribution in [0.15, 0.2) is 109 Å². The van der Waals surface area contributed by atoms with Gasteiger partial charge in [0.1, 0.15) is 25.4 Å². The lowest BCUT2D eigenvalue weighted by Crippen LogP contribution is -2.30. The molecule has 0 saturated carbocycles. The Morgan fingerprint density at radius 3 is 0.866 bits per heavy atom. The topological polar surface area (TPSA) is 231 Å². The van der Waals surface area contributed by atoms with E-state index in [-0.39, 0.29) is 19.3 Å². The standard InChI is InChI=1S/C79H138O16P2/c1-4-7-10-13-16-19-22-25-28-30-31-32-33-34-35-36-37-38-39-40-41-43-46-47-50-53-56-59-62-65-77(82)89-68-74(80)69-91-96(85,86)92-70-75(81)71-93-97(87,88)94-73-76(95-79(84)67-64-61-58-55-52-49-44-27-24-21-18-15-12-9-6-3)72-90-78(83)66-63-60-57-54-51-48-45-42-29-26-23-20-17-14-11-8-5-2/h8,11,16-21,25-29,31-32,34-35,44,74-76,80-81H,4-7,9-10,12-15,22-24,30,33,36-43,45-73H2,1-3H3,(H,85,86)(H,87,88)/b11-8-,19-16-,20-17-,21-18-,28-25-,29-26-,32-31-,35-34-,44-27-. The number of carbonyl (C=O) groups excluding carboxylic acids is 3. The van der Waals surface area contributed by atoms with Crippen molar-refractivity contribution in [1.29, 1.82) is 0 Å². The number of esters is 3. The zero-order chi connectivity index (χ0) is 70.9. The minimum atomic E-state index is -4.93. The van der Waals surface area contributed by atoms with E-state index in [0.717, 1.165) is 154 Å². The molecule has 97 heavy (non-hydrogen) atoms. The summed E-state index contributed by atoms with van der Waals surface area (Å²) in [7, 11) is -9.79. The highest BCUT2D eigenvalue weighted by Gasteiger charge is 2.29. The van der Waals surface area contributed by atoms with Crippen LogP contribution in [0.5, 0.6) is 0 Å². The van der Waals surface area contributed by atoms with Crippen LogP contribution in [-0.2, 0) is 55.8 Å². The highest BCUT2D eigenvalue weighted by Crippen LogP contribution is 2.45. The van der Waals surface area contributed by atoms with Gasteiger partial charge in [-0.1, -0.05) is 278 Å². The second-order valence-corrected chi connectivity index (χ2v) is 28.3. The number of ether oxygens (including phenoxy) is 3. The second kappa shape index (κ2) is 72.0. The zero-order valence-electron chi connectivity index (χ0n) is 61.0. The SMILES string of the molecule is CC/C=C\C/C=C\C/C=C\CCCCCCCCCC(=O)OCC(COP(=O)(O)OCC(O)COP(=O)(O)OCC(O)COC(=O)CCCCCCCCCCCCCCC/C=C\C/C=C\C/C=C\C/C=C\CCCCC)OC(=O)CCCCCCC/C=C\C/C=C\CCCCC. The molecule has 0 saturated heterocycles. The number of rotatable bonds is 72. The van der Waals surface area contributed by atoms with Gasteiger partial charge in [0.2, 0.25) is 0 Å². The van der Waals surface area contributed by atoms with E-state index < -0.39 is 91.5 Å². The summed E-state index contributed by atoms with van der Waals surface area (Å²) in [4.78, 5) is 58.5. The van der Waals surface area contributed by atoms with Crippen molar-refractivity contribution in [1.82, 2.24) is 0 Å². The molecule has 0 aliphatic carbocycles. The third-order valence-electron chi connectivity index (χ3n) is 16.0. The fraction of sp³-hybridized carbons (Fsp3) is 0.734. The Morgan fingerprint density at radius 1 is 0.299 bits per heavy atom. The van der Waals surface area contributed by atoms with Crippen molar-refractivity contribution in [2.45, 2.75) is 334 Å². The summed E-state index contributed by atoms with van der Waals surface area (Å²) in [6, 6.07) is 0.